The first-order valence-corrected chi connectivity index (χ1v) is 10.0. The second-order valence-electron chi connectivity index (χ2n) is 7.74. The normalized spacial score (nSPS) is 15.3. The molecule has 4 rings (SSSR count). The molecule has 1 fully saturated rings. The van der Waals surface area contributed by atoms with Crippen molar-refractivity contribution in [2.45, 2.75) is 25.4 Å². The van der Waals surface area contributed by atoms with Gasteiger partial charge in [-0.25, -0.2) is 13.3 Å². The third-order valence-corrected chi connectivity index (χ3v) is 4.98. The minimum atomic E-state index is -1.33. The molecule has 9 heteroatoms. The summed E-state index contributed by atoms with van der Waals surface area (Å²) in [6, 6.07) is 8.53. The van der Waals surface area contributed by atoms with Crippen molar-refractivity contribution in [3.05, 3.63) is 66.0 Å². The molecule has 1 aliphatic rings. The van der Waals surface area contributed by atoms with Gasteiger partial charge in [-0.05, 0) is 44.0 Å². The van der Waals surface area contributed by atoms with E-state index in [2.05, 4.69) is 15.3 Å². The molecule has 0 aliphatic carbocycles. The van der Waals surface area contributed by atoms with Gasteiger partial charge in [-0.2, -0.15) is 5.10 Å². The lowest BCUT2D eigenvalue weighted by atomic mass is 10.1. The highest BCUT2D eigenvalue weighted by Crippen LogP contribution is 2.23. The zero-order valence-corrected chi connectivity index (χ0v) is 17.3. The van der Waals surface area contributed by atoms with E-state index in [1.54, 1.807) is 4.52 Å². The number of amides is 1. The molecule has 3 aromatic rings. The first-order valence-electron chi connectivity index (χ1n) is 10.0. The largest absolute Gasteiger partial charge is 0.393 e. The average molecular weight is 432 g/mol. The fraction of sp³-hybridized carbons (Fsp3) is 0.364. The number of hydrogen-bond donors (Lipinski definition) is 3. The second-order valence-corrected chi connectivity index (χ2v) is 7.74. The highest BCUT2D eigenvalue weighted by Gasteiger charge is 2.22. The Morgan fingerprint density at radius 1 is 1.19 bits per heavy atom. The second kappa shape index (κ2) is 9.84. The molecule has 3 heterocycles. The van der Waals surface area contributed by atoms with Crippen molar-refractivity contribution >= 4 is 17.1 Å². The van der Waals surface area contributed by atoms with E-state index in [0.717, 1.165) is 30.4 Å². The monoisotopic (exact) mass is 432 g/mol. The molecule has 1 amide bonds. The number of aromatic nitrogens is 2. The van der Waals surface area contributed by atoms with Crippen LogP contribution in [-0.2, 0) is 0 Å². The smallest absolute Gasteiger partial charge is 0.255 e. The van der Waals surface area contributed by atoms with Gasteiger partial charge in [0.1, 0.15) is 17.2 Å². The Hall–Kier alpha value is -3.04. The zero-order chi connectivity index (χ0) is 22.4. The van der Waals surface area contributed by atoms with Crippen molar-refractivity contribution in [2.75, 3.05) is 31.1 Å². The molecule has 0 spiro atoms. The Labute approximate surface area is 178 Å². The van der Waals surface area contributed by atoms with Gasteiger partial charge in [0.05, 0.1) is 23.9 Å². The van der Waals surface area contributed by atoms with Gasteiger partial charge in [-0.1, -0.05) is 6.07 Å². The number of aliphatic hydroxyl groups excluding tert-OH is 1. The molecule has 7 nitrogen and oxygen atoms in total. The predicted octanol–water partition coefficient (Wildman–Crippen LogP) is 2.37. The molecule has 0 saturated carbocycles. The molecule has 31 heavy (non-hydrogen) atoms. The van der Waals surface area contributed by atoms with E-state index >= 15 is 0 Å². The quantitative estimate of drug-likeness (QED) is 0.576. The molecular weight excluding hydrogens is 406 g/mol. The summed E-state index contributed by atoms with van der Waals surface area (Å²) in [6.07, 6.45) is 5.75. The van der Waals surface area contributed by atoms with Gasteiger partial charge in [-0.15, -0.1) is 0 Å². The maximum atomic E-state index is 12.3. The molecule has 0 bridgehead atoms. The van der Waals surface area contributed by atoms with Crippen LogP contribution in [0.15, 0.2) is 48.8 Å². The van der Waals surface area contributed by atoms with E-state index in [-0.39, 0.29) is 12.5 Å². The summed E-state index contributed by atoms with van der Waals surface area (Å²) in [7, 11) is 0. The lowest BCUT2D eigenvalue weighted by molar-refractivity contribution is 0.00321. The lowest BCUT2D eigenvalue weighted by Gasteiger charge is -2.20. The van der Waals surface area contributed by atoms with Crippen LogP contribution in [0, 0.1) is 11.6 Å². The summed E-state index contributed by atoms with van der Waals surface area (Å²) in [5.41, 5.74) is 0.946. The Bertz CT molecular complexity index is 1020. The highest BCUT2D eigenvalue weighted by atomic mass is 19.1. The number of benzene rings is 1. The van der Waals surface area contributed by atoms with Crippen molar-refractivity contribution in [1.82, 2.24) is 14.9 Å². The fourth-order valence-corrected chi connectivity index (χ4v) is 3.20. The van der Waals surface area contributed by atoms with Crippen molar-refractivity contribution in [2.24, 2.45) is 0 Å². The summed E-state index contributed by atoms with van der Waals surface area (Å²) in [5, 5.41) is 25.7. The Kier molecular flexibility index (Phi) is 7.19. The molecule has 1 aliphatic heterocycles. The number of carbonyl (C=O) groups is 1. The van der Waals surface area contributed by atoms with E-state index in [4.69, 9.17) is 5.11 Å². The lowest BCUT2D eigenvalue weighted by Crippen LogP contribution is -2.43. The first kappa shape index (κ1) is 22.6. The summed E-state index contributed by atoms with van der Waals surface area (Å²) < 4.78 is 25.5. The van der Waals surface area contributed by atoms with Crippen LogP contribution in [0.2, 0.25) is 0 Å². The van der Waals surface area contributed by atoms with Crippen LogP contribution in [0.4, 0.5) is 14.5 Å². The number of aliphatic hydroxyl groups is 2. The zero-order valence-electron chi connectivity index (χ0n) is 17.3. The van der Waals surface area contributed by atoms with Gasteiger partial charge in [0.15, 0.2) is 0 Å². The summed E-state index contributed by atoms with van der Waals surface area (Å²) >= 11 is 0. The Morgan fingerprint density at radius 2 is 1.87 bits per heavy atom. The minimum Gasteiger partial charge on any atom is -0.393 e. The minimum absolute atomic E-state index is 0.0223. The van der Waals surface area contributed by atoms with Crippen LogP contribution >= 0.6 is 0 Å². The Balaban J connectivity index is 0.000000287. The molecule has 0 radical (unpaired) electrons. The third-order valence-electron chi connectivity index (χ3n) is 4.98. The number of fused-ring (bicyclic) bond motifs is 1. The predicted molar refractivity (Wildman–Crippen MR) is 113 cm³/mol. The third kappa shape index (κ3) is 5.99. The molecule has 1 aromatic carbocycles. The fourth-order valence-electron chi connectivity index (χ4n) is 3.20. The van der Waals surface area contributed by atoms with Gasteiger partial charge in [0.25, 0.3) is 5.91 Å². The maximum absolute atomic E-state index is 12.3. The number of halogens is 2. The van der Waals surface area contributed by atoms with E-state index < -0.39 is 23.8 Å². The van der Waals surface area contributed by atoms with Crippen molar-refractivity contribution in [3.8, 4) is 0 Å². The summed E-state index contributed by atoms with van der Waals surface area (Å²) in [4.78, 5) is 14.6. The molecule has 2 aromatic heterocycles. The standard InChI is InChI=1S/C16H22N4O3.C6H4F2/c1-16(23,11-21)10-17-15(22)13-9-18-20-7-4-12(8-14(13)20)19-5-2-3-6-19;7-5-2-1-3-6(8)4-5/h4,7-9,21,23H,2-3,5-6,10-11H2,1H3,(H,17,22);1-4H. The van der Waals surface area contributed by atoms with Crippen LogP contribution in [0.5, 0.6) is 0 Å². The Morgan fingerprint density at radius 3 is 2.45 bits per heavy atom. The van der Waals surface area contributed by atoms with E-state index in [1.165, 1.54) is 44.2 Å². The number of nitrogens with zero attached hydrogens (tertiary/aromatic N) is 3. The molecule has 1 unspecified atom stereocenters. The molecular formula is C22H26F2N4O3. The van der Waals surface area contributed by atoms with Gasteiger partial charge >= 0.3 is 0 Å². The topological polar surface area (TPSA) is 90.1 Å². The first-order chi connectivity index (χ1) is 14.8. The number of nitrogens with one attached hydrogen (secondary N) is 1. The average Bonchev–Trinajstić information content (AvgIpc) is 3.42. The van der Waals surface area contributed by atoms with Crippen LogP contribution < -0.4 is 10.2 Å². The van der Waals surface area contributed by atoms with Crippen LogP contribution in [0.3, 0.4) is 0 Å². The van der Waals surface area contributed by atoms with Crippen molar-refractivity contribution < 1.29 is 23.8 Å². The molecule has 1 saturated heterocycles. The number of rotatable bonds is 5. The molecule has 1 atom stereocenters. The van der Waals surface area contributed by atoms with Crippen LogP contribution in [-0.4, -0.2) is 57.6 Å². The van der Waals surface area contributed by atoms with Gasteiger partial charge in [0.2, 0.25) is 0 Å². The number of hydrogen-bond acceptors (Lipinski definition) is 5. The molecule has 166 valence electrons. The van der Waals surface area contributed by atoms with Crippen LogP contribution in [0.1, 0.15) is 30.1 Å². The van der Waals surface area contributed by atoms with Gasteiger partial charge in [0, 0.05) is 37.6 Å². The summed E-state index contributed by atoms with van der Waals surface area (Å²) in [6.45, 7) is 3.10. The van der Waals surface area contributed by atoms with E-state index in [1.807, 2.05) is 18.3 Å². The SMILES string of the molecule is CC(O)(CO)CNC(=O)c1cnn2ccc(N3CCCC3)cc12.Fc1cccc(F)c1. The van der Waals surface area contributed by atoms with Gasteiger partial charge in [-0.3, -0.25) is 4.79 Å². The maximum Gasteiger partial charge on any atom is 0.255 e. The van der Waals surface area contributed by atoms with Crippen molar-refractivity contribution in [1.29, 1.82) is 0 Å². The van der Waals surface area contributed by atoms with Crippen LogP contribution in [0.25, 0.3) is 5.52 Å². The number of pyridine rings is 1. The van der Waals surface area contributed by atoms with Crippen molar-refractivity contribution in [3.63, 3.8) is 0 Å². The van der Waals surface area contributed by atoms with E-state index in [0.29, 0.717) is 5.56 Å². The van der Waals surface area contributed by atoms with Gasteiger partial charge < -0.3 is 20.4 Å². The van der Waals surface area contributed by atoms with E-state index in [9.17, 15) is 18.7 Å². The number of anilines is 1. The highest BCUT2D eigenvalue weighted by molar-refractivity contribution is 6.01. The number of carbonyl (C=O) groups excluding carboxylic acids is 1. The summed E-state index contributed by atoms with van der Waals surface area (Å²) in [5.74, 6) is -1.39. The molecule has 3 N–H and O–H groups in total.